The Labute approximate surface area is 197 Å². The number of hydrogen-bond acceptors (Lipinski definition) is 10. The van der Waals surface area contributed by atoms with Crippen LogP contribution in [0.3, 0.4) is 0 Å². The molecule has 3 aliphatic heterocycles. The normalized spacial score (nSPS) is 20.4. The van der Waals surface area contributed by atoms with Gasteiger partial charge in [0.05, 0.1) is 4.88 Å². The minimum Gasteiger partial charge on any atom is -0.352 e. The number of hydrogen-bond donors (Lipinski definition) is 1. The zero-order chi connectivity index (χ0) is 23.0. The molecular weight excluding hydrogens is 464 g/mol. The number of thiophene rings is 1. The summed E-state index contributed by atoms with van der Waals surface area (Å²) in [5.41, 5.74) is 6.46. The van der Waals surface area contributed by atoms with E-state index in [2.05, 4.69) is 14.2 Å². The molecule has 33 heavy (non-hydrogen) atoms. The molecule has 0 aliphatic carbocycles. The van der Waals surface area contributed by atoms with Crippen LogP contribution in [0.15, 0.2) is 45.7 Å². The quantitative estimate of drug-likeness (QED) is 0.486. The summed E-state index contributed by atoms with van der Waals surface area (Å²) in [7, 11) is -2.76. The lowest BCUT2D eigenvalue weighted by Crippen LogP contribution is -2.48. The van der Waals surface area contributed by atoms with Gasteiger partial charge in [-0.3, -0.25) is 9.69 Å². The monoisotopic (exact) mass is 488 g/mol. The van der Waals surface area contributed by atoms with Gasteiger partial charge in [0.15, 0.2) is 11.6 Å². The molecule has 0 saturated carbocycles. The number of ketones is 1. The van der Waals surface area contributed by atoms with Gasteiger partial charge >= 0.3 is 11.9 Å². The van der Waals surface area contributed by atoms with Gasteiger partial charge in [0.1, 0.15) is 4.90 Å². The summed E-state index contributed by atoms with van der Waals surface area (Å²) < 4.78 is 15.3. The van der Waals surface area contributed by atoms with Crippen LogP contribution >= 0.6 is 22.1 Å². The Bertz CT molecular complexity index is 1120. The zero-order valence-corrected chi connectivity index (χ0v) is 19.5. The molecule has 1 aromatic carbocycles. The van der Waals surface area contributed by atoms with E-state index in [-0.39, 0.29) is 5.78 Å². The number of nitrogens with zero attached hydrogens (tertiary/aromatic N) is 3. The molecule has 1 aromatic heterocycles. The van der Waals surface area contributed by atoms with Gasteiger partial charge < -0.3 is 19.0 Å². The van der Waals surface area contributed by atoms with Gasteiger partial charge in [-0.1, -0.05) is 12.1 Å². The number of fused-ring (bicyclic) bond motifs is 2. The third-order valence-electron chi connectivity index (χ3n) is 5.84. The molecule has 2 saturated heterocycles. The molecule has 0 unspecified atom stereocenters. The van der Waals surface area contributed by atoms with Crippen molar-refractivity contribution < 1.29 is 22.7 Å². The Balaban J connectivity index is 1.18. The fraction of sp³-hybridized carbons (Fsp3) is 0.364. The summed E-state index contributed by atoms with van der Waals surface area (Å²) in [6.45, 7) is 4.45. The maximum atomic E-state index is 12.4. The van der Waals surface area contributed by atoms with Crippen LogP contribution in [0.4, 0.5) is 0 Å². The van der Waals surface area contributed by atoms with Gasteiger partial charge in [-0.15, -0.1) is 15.7 Å². The molecular formula is C22H24N4O5S2. The fourth-order valence-electron chi connectivity index (χ4n) is 4.14. The molecule has 2 N–H and O–H groups in total. The number of rotatable bonds is 6. The van der Waals surface area contributed by atoms with E-state index < -0.39 is 22.7 Å². The van der Waals surface area contributed by atoms with Crippen molar-refractivity contribution in [2.24, 2.45) is 10.1 Å². The molecule has 4 heterocycles. The van der Waals surface area contributed by atoms with Crippen molar-refractivity contribution in [3.8, 4) is 0 Å². The highest BCUT2D eigenvalue weighted by Crippen LogP contribution is 2.66. The number of Topliss-reactive ketones (excluding diaryl/α,β-unsaturated/α-hetero) is 1. The highest BCUT2D eigenvalue weighted by Gasteiger charge is 2.49. The summed E-state index contributed by atoms with van der Waals surface area (Å²) in [4.78, 5) is 42.8. The van der Waals surface area contributed by atoms with Crippen LogP contribution < -0.4 is 5.73 Å². The number of carbonyl (C=O) groups is 3. The number of amidine groups is 1. The lowest BCUT2D eigenvalue weighted by atomic mass is 10.1. The van der Waals surface area contributed by atoms with E-state index in [1.54, 1.807) is 6.07 Å². The SMILES string of the molecule is NCc1ccc(C(=O)CCCN2CCN(C3=NS4(OC(=O)C(=O)O4)c4ccccc43)CC2)s1. The van der Waals surface area contributed by atoms with E-state index in [1.807, 2.05) is 30.3 Å². The second-order valence-electron chi connectivity index (χ2n) is 7.95. The molecule has 5 rings (SSSR count). The molecule has 174 valence electrons. The minimum absolute atomic E-state index is 0.171. The topological polar surface area (TPSA) is 115 Å². The number of benzene rings is 1. The molecule has 0 bridgehead atoms. The first-order valence-electron chi connectivity index (χ1n) is 10.8. The fourth-order valence-corrected chi connectivity index (χ4v) is 7.06. The second-order valence-corrected chi connectivity index (χ2v) is 11.0. The Morgan fingerprint density at radius 1 is 1.06 bits per heavy atom. The second kappa shape index (κ2) is 8.90. The van der Waals surface area contributed by atoms with Crippen LogP contribution in [0.1, 0.15) is 33.0 Å². The number of nitrogens with two attached hydrogens (primary N) is 1. The van der Waals surface area contributed by atoms with Crippen LogP contribution in [-0.2, 0) is 24.5 Å². The van der Waals surface area contributed by atoms with Gasteiger partial charge in [0.2, 0.25) is 0 Å². The average Bonchev–Trinajstić information content (AvgIpc) is 3.51. The Morgan fingerprint density at radius 3 is 2.48 bits per heavy atom. The zero-order valence-electron chi connectivity index (χ0n) is 17.9. The smallest absolute Gasteiger partial charge is 0.352 e. The first-order valence-corrected chi connectivity index (χ1v) is 13.0. The lowest BCUT2D eigenvalue weighted by molar-refractivity contribution is -0.150. The van der Waals surface area contributed by atoms with Gasteiger partial charge in [0.25, 0.3) is 0 Å². The standard InChI is InChI=1S/C22H24N4O5S2/c23-14-15-7-8-18(32-15)17(27)5-3-9-25-10-12-26(13-11-25)20-16-4-1-2-6-19(16)33(24-20)30-21(28)22(29)31-33/h1-2,4,6-8H,3,5,9-14,23H2. The molecule has 0 radical (unpaired) electrons. The predicted molar refractivity (Wildman–Crippen MR) is 125 cm³/mol. The van der Waals surface area contributed by atoms with Crippen LogP contribution in [0, 0.1) is 0 Å². The first-order chi connectivity index (χ1) is 16.0. The van der Waals surface area contributed by atoms with Crippen LogP contribution in [0.2, 0.25) is 0 Å². The van der Waals surface area contributed by atoms with Gasteiger partial charge in [-0.2, -0.15) is 0 Å². The van der Waals surface area contributed by atoms with Crippen molar-refractivity contribution in [2.45, 2.75) is 24.3 Å². The Kier molecular flexibility index (Phi) is 5.95. The van der Waals surface area contributed by atoms with E-state index in [1.165, 1.54) is 11.3 Å². The molecule has 3 aliphatic rings. The summed E-state index contributed by atoms with van der Waals surface area (Å²) in [6, 6.07) is 11.2. The molecule has 11 heteroatoms. The van der Waals surface area contributed by atoms with Crippen LogP contribution in [-0.4, -0.2) is 66.1 Å². The molecule has 2 aromatic rings. The van der Waals surface area contributed by atoms with Crippen molar-refractivity contribution in [2.75, 3.05) is 32.7 Å². The van der Waals surface area contributed by atoms with E-state index in [9.17, 15) is 14.4 Å². The summed E-state index contributed by atoms with van der Waals surface area (Å²) >= 11 is 1.48. The van der Waals surface area contributed by atoms with E-state index in [0.717, 1.165) is 54.5 Å². The van der Waals surface area contributed by atoms with Gasteiger partial charge in [-0.25, -0.2) is 9.59 Å². The maximum absolute atomic E-state index is 12.4. The molecule has 9 nitrogen and oxygen atoms in total. The largest absolute Gasteiger partial charge is 0.443 e. The van der Waals surface area contributed by atoms with Crippen molar-refractivity contribution >= 4 is 45.7 Å². The third kappa shape index (κ3) is 4.17. The molecule has 1 spiro atoms. The Hall–Kier alpha value is -2.73. The van der Waals surface area contributed by atoms with Gasteiger partial charge in [0, 0.05) is 60.4 Å². The molecule has 0 amide bonds. The van der Waals surface area contributed by atoms with E-state index in [4.69, 9.17) is 14.1 Å². The lowest BCUT2D eigenvalue weighted by Gasteiger charge is -2.35. The minimum atomic E-state index is -2.76. The van der Waals surface area contributed by atoms with Crippen molar-refractivity contribution in [3.05, 3.63) is 51.7 Å². The number of carbonyl (C=O) groups excluding carboxylic acids is 3. The highest BCUT2D eigenvalue weighted by atomic mass is 32.3. The molecule has 2 fully saturated rings. The average molecular weight is 489 g/mol. The maximum Gasteiger partial charge on any atom is 0.443 e. The summed E-state index contributed by atoms with van der Waals surface area (Å²) in [5.74, 6) is -1.12. The van der Waals surface area contributed by atoms with Crippen molar-refractivity contribution in [1.82, 2.24) is 9.80 Å². The van der Waals surface area contributed by atoms with Crippen molar-refractivity contribution in [3.63, 3.8) is 0 Å². The van der Waals surface area contributed by atoms with Crippen LogP contribution in [0.5, 0.6) is 0 Å². The molecule has 0 atom stereocenters. The Morgan fingerprint density at radius 2 is 1.79 bits per heavy atom. The van der Waals surface area contributed by atoms with Crippen LogP contribution in [0.25, 0.3) is 0 Å². The van der Waals surface area contributed by atoms with E-state index >= 15 is 0 Å². The first kappa shape index (κ1) is 22.1. The number of piperazine rings is 1. The summed E-state index contributed by atoms with van der Waals surface area (Å²) in [6.07, 6.45) is 1.32. The predicted octanol–water partition coefficient (Wildman–Crippen LogP) is 2.26. The van der Waals surface area contributed by atoms with Crippen molar-refractivity contribution in [1.29, 1.82) is 0 Å². The highest BCUT2D eigenvalue weighted by molar-refractivity contribution is 8.26. The van der Waals surface area contributed by atoms with E-state index in [0.29, 0.717) is 23.7 Å². The summed E-state index contributed by atoms with van der Waals surface area (Å²) in [5, 5.41) is 0. The van der Waals surface area contributed by atoms with Gasteiger partial charge in [-0.05, 0) is 37.2 Å². The third-order valence-corrected chi connectivity index (χ3v) is 9.07.